The number of aliphatic hydroxyl groups is 1. The highest BCUT2D eigenvalue weighted by atomic mass is 16.7. The van der Waals surface area contributed by atoms with Crippen LogP contribution in [0, 0.1) is 46.3 Å². The first-order valence-corrected chi connectivity index (χ1v) is 14.2. The number of ether oxygens (including phenoxy) is 3. The van der Waals surface area contributed by atoms with Crippen LogP contribution in [0.15, 0.2) is 0 Å². The molecule has 0 bridgehead atoms. The molecule has 6 fully saturated rings. The van der Waals surface area contributed by atoms with E-state index in [1.165, 1.54) is 6.92 Å². The standard InChI is InChI=1S/C29H44O6/c1-16-6-11-29(33-15-16)17(2)25-23(35-29)13-22-20-12-24(31)28(32)14-19(34-18(3)30)7-10-27(28,5)21(20)8-9-26(22,25)4/h16-17,19-23,25,32H,6-15H2,1-5H3/t16-,17+,19-,20-,21+,22+,23+,25+,26+,27-,28+,29+/m1/s1. The second-order valence-corrected chi connectivity index (χ2v) is 13.8. The van der Waals surface area contributed by atoms with Gasteiger partial charge in [0.2, 0.25) is 0 Å². The Morgan fingerprint density at radius 2 is 1.86 bits per heavy atom. The lowest BCUT2D eigenvalue weighted by Gasteiger charge is -2.63. The number of carbonyl (C=O) groups is 2. The number of Topliss-reactive ketones (excluding diaryl/α,β-unsaturated/α-hetero) is 1. The third kappa shape index (κ3) is 3.18. The number of esters is 1. The first-order valence-electron chi connectivity index (χ1n) is 14.2. The number of rotatable bonds is 1. The van der Waals surface area contributed by atoms with Gasteiger partial charge < -0.3 is 19.3 Å². The van der Waals surface area contributed by atoms with Crippen LogP contribution < -0.4 is 0 Å². The molecule has 4 saturated carbocycles. The summed E-state index contributed by atoms with van der Waals surface area (Å²) in [6.45, 7) is 11.4. The van der Waals surface area contributed by atoms with Crippen LogP contribution in [-0.4, -0.2) is 47.1 Å². The van der Waals surface area contributed by atoms with Gasteiger partial charge in [0.25, 0.3) is 0 Å². The van der Waals surface area contributed by atoms with Crippen molar-refractivity contribution in [3.8, 4) is 0 Å². The van der Waals surface area contributed by atoms with Gasteiger partial charge in [0.15, 0.2) is 11.6 Å². The van der Waals surface area contributed by atoms with E-state index in [1.54, 1.807) is 0 Å². The van der Waals surface area contributed by atoms with Crippen LogP contribution in [0.2, 0.25) is 0 Å². The molecule has 0 aromatic heterocycles. The van der Waals surface area contributed by atoms with Crippen LogP contribution >= 0.6 is 0 Å². The molecule has 6 aliphatic rings. The molecule has 0 aromatic rings. The number of ketones is 1. The molecule has 2 saturated heterocycles. The van der Waals surface area contributed by atoms with E-state index in [-0.39, 0.29) is 35.8 Å². The van der Waals surface area contributed by atoms with Gasteiger partial charge in [0.05, 0.1) is 12.7 Å². The average Bonchev–Trinajstić information content (AvgIpc) is 3.23. The smallest absolute Gasteiger partial charge is 0.302 e. The maximum atomic E-state index is 13.7. The van der Waals surface area contributed by atoms with Crippen molar-refractivity contribution in [1.82, 2.24) is 0 Å². The number of hydrogen-bond donors (Lipinski definition) is 1. The molecule has 6 nitrogen and oxygen atoms in total. The van der Waals surface area contributed by atoms with E-state index < -0.39 is 16.8 Å². The Labute approximate surface area is 209 Å². The summed E-state index contributed by atoms with van der Waals surface area (Å²) in [6, 6.07) is 0. The minimum Gasteiger partial charge on any atom is -0.462 e. The van der Waals surface area contributed by atoms with Crippen LogP contribution in [0.1, 0.15) is 92.4 Å². The molecule has 6 rings (SSSR count). The predicted octanol–water partition coefficient (Wildman–Crippen LogP) is 4.66. The van der Waals surface area contributed by atoms with Gasteiger partial charge in [-0.05, 0) is 73.5 Å². The van der Waals surface area contributed by atoms with Crippen molar-refractivity contribution in [1.29, 1.82) is 0 Å². The molecule has 2 aliphatic heterocycles. The molecule has 2 heterocycles. The minimum absolute atomic E-state index is 0.0329. The second-order valence-electron chi connectivity index (χ2n) is 13.8. The lowest BCUT2D eigenvalue weighted by molar-refractivity contribution is -0.273. The fourth-order valence-corrected chi connectivity index (χ4v) is 10.4. The Morgan fingerprint density at radius 3 is 2.54 bits per heavy atom. The SMILES string of the molecule is CC(=O)O[C@@H]1CC[C@]2(C)[C@H]3CC[C@]4(C)[C@@H]5[C@H](C[C@H]4[C@@H]3CC(=O)[C@@]2(O)C1)O[C@@]1(CC[C@@H](C)CO1)[C@H]5C. The Morgan fingerprint density at radius 1 is 1.09 bits per heavy atom. The van der Waals surface area contributed by atoms with Gasteiger partial charge in [-0.2, -0.15) is 0 Å². The fraction of sp³-hybridized carbons (Fsp3) is 0.931. The molecule has 196 valence electrons. The molecule has 0 amide bonds. The van der Waals surface area contributed by atoms with Crippen molar-refractivity contribution >= 4 is 11.8 Å². The van der Waals surface area contributed by atoms with E-state index in [1.807, 2.05) is 0 Å². The maximum absolute atomic E-state index is 13.7. The number of carbonyl (C=O) groups excluding carboxylic acids is 2. The normalized spacial score (nSPS) is 57.3. The summed E-state index contributed by atoms with van der Waals surface area (Å²) in [4.78, 5) is 25.2. The fourth-order valence-electron chi connectivity index (χ4n) is 10.4. The molecule has 35 heavy (non-hydrogen) atoms. The quantitative estimate of drug-likeness (QED) is 0.541. The zero-order valence-electron chi connectivity index (χ0n) is 22.2. The maximum Gasteiger partial charge on any atom is 0.302 e. The summed E-state index contributed by atoms with van der Waals surface area (Å²) >= 11 is 0. The van der Waals surface area contributed by atoms with Crippen molar-refractivity contribution in [2.24, 2.45) is 46.3 Å². The zero-order valence-corrected chi connectivity index (χ0v) is 22.2. The summed E-state index contributed by atoms with van der Waals surface area (Å²) in [5.41, 5.74) is -1.71. The Hall–Kier alpha value is -0.980. The minimum atomic E-state index is -1.39. The van der Waals surface area contributed by atoms with E-state index in [0.29, 0.717) is 41.9 Å². The van der Waals surface area contributed by atoms with Gasteiger partial charge in [0, 0.05) is 37.5 Å². The van der Waals surface area contributed by atoms with E-state index in [4.69, 9.17) is 14.2 Å². The molecule has 1 N–H and O–H groups in total. The van der Waals surface area contributed by atoms with Crippen LogP contribution in [0.3, 0.4) is 0 Å². The second kappa shape index (κ2) is 7.77. The highest BCUT2D eigenvalue weighted by Gasteiger charge is 2.72. The van der Waals surface area contributed by atoms with Gasteiger partial charge in [-0.3, -0.25) is 9.59 Å². The summed E-state index contributed by atoms with van der Waals surface area (Å²) in [6.07, 6.45) is 7.30. The van der Waals surface area contributed by atoms with Crippen LogP contribution in [-0.2, 0) is 23.8 Å². The molecular formula is C29H44O6. The summed E-state index contributed by atoms with van der Waals surface area (Å²) in [5.74, 6) is 1.68. The molecule has 0 radical (unpaired) electrons. The monoisotopic (exact) mass is 488 g/mol. The number of hydrogen-bond acceptors (Lipinski definition) is 6. The zero-order chi connectivity index (χ0) is 25.0. The van der Waals surface area contributed by atoms with Crippen LogP contribution in [0.4, 0.5) is 0 Å². The van der Waals surface area contributed by atoms with E-state index in [2.05, 4.69) is 27.7 Å². The Balaban J connectivity index is 1.26. The topological polar surface area (TPSA) is 82.1 Å². The van der Waals surface area contributed by atoms with Gasteiger partial charge in [-0.15, -0.1) is 0 Å². The third-order valence-electron chi connectivity index (χ3n) is 12.2. The Kier molecular flexibility index (Phi) is 5.41. The molecule has 6 heteroatoms. The van der Waals surface area contributed by atoms with Gasteiger partial charge >= 0.3 is 5.97 Å². The first kappa shape index (κ1) is 24.4. The van der Waals surface area contributed by atoms with E-state index >= 15 is 0 Å². The lowest BCUT2D eigenvalue weighted by Crippen LogP contribution is -2.67. The summed E-state index contributed by atoms with van der Waals surface area (Å²) in [5, 5.41) is 11.9. The molecule has 4 aliphatic carbocycles. The predicted molar refractivity (Wildman–Crippen MR) is 129 cm³/mol. The molecule has 1 spiro atoms. The van der Waals surface area contributed by atoms with Crippen molar-refractivity contribution in [3.63, 3.8) is 0 Å². The highest BCUT2D eigenvalue weighted by Crippen LogP contribution is 2.71. The lowest BCUT2D eigenvalue weighted by atomic mass is 9.42. The van der Waals surface area contributed by atoms with Crippen molar-refractivity contribution in [2.45, 2.75) is 116 Å². The van der Waals surface area contributed by atoms with Crippen LogP contribution in [0.5, 0.6) is 0 Å². The van der Waals surface area contributed by atoms with Crippen molar-refractivity contribution in [2.75, 3.05) is 6.61 Å². The van der Waals surface area contributed by atoms with E-state index in [9.17, 15) is 14.7 Å². The van der Waals surface area contributed by atoms with Crippen molar-refractivity contribution < 1.29 is 28.9 Å². The first-order chi connectivity index (χ1) is 16.4. The molecule has 0 aromatic carbocycles. The Bertz CT molecular complexity index is 909. The largest absolute Gasteiger partial charge is 0.462 e. The third-order valence-corrected chi connectivity index (χ3v) is 12.2. The molecular weight excluding hydrogens is 444 g/mol. The highest BCUT2D eigenvalue weighted by molar-refractivity contribution is 5.89. The van der Waals surface area contributed by atoms with Gasteiger partial charge in [-0.1, -0.05) is 27.7 Å². The van der Waals surface area contributed by atoms with Crippen molar-refractivity contribution in [3.05, 3.63) is 0 Å². The summed E-state index contributed by atoms with van der Waals surface area (Å²) < 4.78 is 18.7. The molecule has 12 atom stereocenters. The average molecular weight is 489 g/mol. The van der Waals surface area contributed by atoms with Gasteiger partial charge in [0.1, 0.15) is 11.7 Å². The van der Waals surface area contributed by atoms with E-state index in [0.717, 1.165) is 51.6 Å². The van der Waals surface area contributed by atoms with Gasteiger partial charge in [-0.25, -0.2) is 0 Å². The summed E-state index contributed by atoms with van der Waals surface area (Å²) in [7, 11) is 0. The molecule has 0 unspecified atom stereocenters. The number of fused-ring (bicyclic) bond motifs is 7. The van der Waals surface area contributed by atoms with Crippen LogP contribution in [0.25, 0.3) is 0 Å².